The molecule has 0 saturated carbocycles. The van der Waals surface area contributed by atoms with Gasteiger partial charge in [-0.2, -0.15) is 0 Å². The summed E-state index contributed by atoms with van der Waals surface area (Å²) in [6, 6.07) is 11.0. The van der Waals surface area contributed by atoms with Crippen LogP contribution in [0.15, 0.2) is 47.4 Å². The van der Waals surface area contributed by atoms with E-state index in [-0.39, 0.29) is 15.8 Å². The summed E-state index contributed by atoms with van der Waals surface area (Å²) < 4.78 is 24.2. The van der Waals surface area contributed by atoms with Crippen molar-refractivity contribution in [1.82, 2.24) is 4.98 Å². The summed E-state index contributed by atoms with van der Waals surface area (Å²) in [5.74, 6) is -0.183. The zero-order chi connectivity index (χ0) is 13.2. The average Bonchev–Trinajstić information content (AvgIpc) is 2.29. The second kappa shape index (κ2) is 4.96. The highest BCUT2D eigenvalue weighted by Crippen LogP contribution is 2.17. The van der Waals surface area contributed by atoms with E-state index in [0.29, 0.717) is 11.4 Å². The Hall–Kier alpha value is -1.59. The molecule has 0 fully saturated rings. The van der Waals surface area contributed by atoms with Gasteiger partial charge in [0, 0.05) is 5.69 Å². The lowest BCUT2D eigenvalue weighted by Crippen LogP contribution is -2.06. The van der Waals surface area contributed by atoms with Gasteiger partial charge in [-0.1, -0.05) is 17.7 Å². The summed E-state index contributed by atoms with van der Waals surface area (Å²) in [7, 11) is -3.42. The van der Waals surface area contributed by atoms with Crippen LogP contribution in [0.4, 0.5) is 5.69 Å². The van der Waals surface area contributed by atoms with Gasteiger partial charge in [0.15, 0.2) is 9.84 Å². The minimum absolute atomic E-state index is 0.183. The summed E-state index contributed by atoms with van der Waals surface area (Å²) in [5.41, 5.74) is 6.46. The zero-order valence-corrected chi connectivity index (χ0v) is 10.9. The van der Waals surface area contributed by atoms with Gasteiger partial charge >= 0.3 is 0 Å². The van der Waals surface area contributed by atoms with Crippen molar-refractivity contribution in [3.8, 4) is 0 Å². The molecule has 6 heteroatoms. The van der Waals surface area contributed by atoms with Crippen molar-refractivity contribution in [3.05, 3.63) is 53.3 Å². The van der Waals surface area contributed by atoms with Crippen LogP contribution in [0.5, 0.6) is 0 Å². The molecule has 1 aromatic carbocycles. The van der Waals surface area contributed by atoms with Gasteiger partial charge in [0.25, 0.3) is 0 Å². The van der Waals surface area contributed by atoms with Crippen LogP contribution in [-0.2, 0) is 15.6 Å². The fourth-order valence-corrected chi connectivity index (χ4v) is 2.93. The van der Waals surface area contributed by atoms with Gasteiger partial charge in [0.05, 0.1) is 16.3 Å². The molecule has 0 bridgehead atoms. The van der Waals surface area contributed by atoms with E-state index in [1.54, 1.807) is 30.3 Å². The van der Waals surface area contributed by atoms with Crippen molar-refractivity contribution in [3.63, 3.8) is 0 Å². The second-order valence-electron chi connectivity index (χ2n) is 3.78. The highest BCUT2D eigenvalue weighted by atomic mass is 35.5. The van der Waals surface area contributed by atoms with Crippen LogP contribution in [0, 0.1) is 0 Å². The molecular formula is C12H11ClN2O2S. The number of hydrogen-bond donors (Lipinski definition) is 1. The number of benzene rings is 1. The van der Waals surface area contributed by atoms with Crippen molar-refractivity contribution >= 4 is 27.1 Å². The van der Waals surface area contributed by atoms with E-state index >= 15 is 0 Å². The minimum Gasteiger partial charge on any atom is -0.399 e. The molecule has 0 atom stereocenters. The van der Waals surface area contributed by atoms with Gasteiger partial charge in [0.1, 0.15) is 5.15 Å². The molecule has 1 heterocycles. The molecule has 0 aliphatic rings. The SMILES string of the molecule is Nc1ccc(S(=O)(=O)Cc2cccc(Cl)n2)cc1. The van der Waals surface area contributed by atoms with Gasteiger partial charge in [-0.05, 0) is 36.4 Å². The topological polar surface area (TPSA) is 73.1 Å². The average molecular weight is 283 g/mol. The molecule has 18 heavy (non-hydrogen) atoms. The maximum atomic E-state index is 12.1. The Morgan fingerprint density at radius 3 is 2.39 bits per heavy atom. The van der Waals surface area contributed by atoms with Crippen LogP contribution < -0.4 is 5.73 Å². The minimum atomic E-state index is -3.42. The summed E-state index contributed by atoms with van der Waals surface area (Å²) >= 11 is 5.72. The second-order valence-corrected chi connectivity index (χ2v) is 6.16. The number of hydrogen-bond acceptors (Lipinski definition) is 4. The fraction of sp³-hybridized carbons (Fsp3) is 0.0833. The molecular weight excluding hydrogens is 272 g/mol. The van der Waals surface area contributed by atoms with E-state index in [4.69, 9.17) is 17.3 Å². The first-order valence-electron chi connectivity index (χ1n) is 5.17. The first kappa shape index (κ1) is 12.9. The van der Waals surface area contributed by atoms with Crippen LogP contribution >= 0.6 is 11.6 Å². The number of nitrogens with zero attached hydrogens (tertiary/aromatic N) is 1. The van der Waals surface area contributed by atoms with E-state index in [1.165, 1.54) is 12.1 Å². The number of sulfone groups is 1. The number of anilines is 1. The summed E-state index contributed by atoms with van der Waals surface area (Å²) in [6.45, 7) is 0. The third-order valence-corrected chi connectivity index (χ3v) is 4.23. The van der Waals surface area contributed by atoms with E-state index in [9.17, 15) is 8.42 Å². The number of aromatic nitrogens is 1. The molecule has 4 nitrogen and oxygen atoms in total. The summed E-state index contributed by atoms with van der Waals surface area (Å²) in [4.78, 5) is 4.18. The van der Waals surface area contributed by atoms with Gasteiger partial charge in [-0.25, -0.2) is 13.4 Å². The lowest BCUT2D eigenvalue weighted by atomic mass is 10.3. The predicted octanol–water partition coefficient (Wildman–Crippen LogP) is 2.29. The van der Waals surface area contributed by atoms with Crippen LogP contribution in [0.1, 0.15) is 5.69 Å². The normalized spacial score (nSPS) is 11.4. The molecule has 0 spiro atoms. The molecule has 94 valence electrons. The van der Waals surface area contributed by atoms with Gasteiger partial charge < -0.3 is 5.73 Å². The maximum absolute atomic E-state index is 12.1. The maximum Gasteiger partial charge on any atom is 0.184 e. The zero-order valence-electron chi connectivity index (χ0n) is 9.38. The largest absolute Gasteiger partial charge is 0.399 e. The number of nitrogen functional groups attached to an aromatic ring is 1. The predicted molar refractivity (Wildman–Crippen MR) is 71.0 cm³/mol. The number of nitrogens with two attached hydrogens (primary N) is 1. The van der Waals surface area contributed by atoms with Gasteiger partial charge in [0.2, 0.25) is 0 Å². The number of rotatable bonds is 3. The highest BCUT2D eigenvalue weighted by molar-refractivity contribution is 7.90. The monoisotopic (exact) mass is 282 g/mol. The highest BCUT2D eigenvalue weighted by Gasteiger charge is 2.16. The molecule has 2 aromatic rings. The molecule has 2 N–H and O–H groups in total. The third kappa shape index (κ3) is 3.00. The summed E-state index contributed by atoms with van der Waals surface area (Å²) in [6.07, 6.45) is 0. The standard InChI is InChI=1S/C12H11ClN2O2S/c13-12-3-1-2-10(15-12)8-18(16,17)11-6-4-9(14)5-7-11/h1-7H,8,14H2. The van der Waals surface area contributed by atoms with Crippen LogP contribution in [0.3, 0.4) is 0 Å². The van der Waals surface area contributed by atoms with Crippen LogP contribution in [-0.4, -0.2) is 13.4 Å². The number of pyridine rings is 1. The molecule has 0 aliphatic heterocycles. The molecule has 0 amide bonds. The fourth-order valence-electron chi connectivity index (χ4n) is 1.48. The molecule has 0 aliphatic carbocycles. The molecule has 0 unspecified atom stereocenters. The number of halogens is 1. The van der Waals surface area contributed by atoms with Crippen molar-refractivity contribution in [1.29, 1.82) is 0 Å². The Bertz CT molecular complexity index is 654. The van der Waals surface area contributed by atoms with Crippen molar-refractivity contribution in [2.45, 2.75) is 10.6 Å². The Kier molecular flexibility index (Phi) is 3.54. The quantitative estimate of drug-likeness (QED) is 0.692. The van der Waals surface area contributed by atoms with Gasteiger partial charge in [-0.15, -0.1) is 0 Å². The van der Waals surface area contributed by atoms with Gasteiger partial charge in [-0.3, -0.25) is 0 Å². The van der Waals surface area contributed by atoms with E-state index in [2.05, 4.69) is 4.98 Å². The Morgan fingerprint density at radius 1 is 1.11 bits per heavy atom. The van der Waals surface area contributed by atoms with Crippen molar-refractivity contribution in [2.75, 3.05) is 5.73 Å². The Labute approximate surface area is 110 Å². The van der Waals surface area contributed by atoms with E-state index in [1.807, 2.05) is 0 Å². The van der Waals surface area contributed by atoms with E-state index in [0.717, 1.165) is 0 Å². The molecule has 1 aromatic heterocycles. The Balaban J connectivity index is 2.30. The van der Waals surface area contributed by atoms with Crippen molar-refractivity contribution in [2.24, 2.45) is 0 Å². The lowest BCUT2D eigenvalue weighted by molar-refractivity contribution is 0.594. The summed E-state index contributed by atoms with van der Waals surface area (Å²) in [5, 5.41) is 0.278. The first-order valence-corrected chi connectivity index (χ1v) is 7.20. The van der Waals surface area contributed by atoms with E-state index < -0.39 is 9.84 Å². The molecule has 2 rings (SSSR count). The van der Waals surface area contributed by atoms with Crippen LogP contribution in [0.25, 0.3) is 0 Å². The first-order chi connectivity index (χ1) is 8.47. The third-order valence-electron chi connectivity index (χ3n) is 2.35. The Morgan fingerprint density at radius 2 is 1.78 bits per heavy atom. The van der Waals surface area contributed by atoms with Crippen molar-refractivity contribution < 1.29 is 8.42 Å². The smallest absolute Gasteiger partial charge is 0.184 e. The lowest BCUT2D eigenvalue weighted by Gasteiger charge is -2.04. The molecule has 0 saturated heterocycles. The molecule has 0 radical (unpaired) electrons. The van der Waals surface area contributed by atoms with Crippen LogP contribution in [0.2, 0.25) is 5.15 Å².